The van der Waals surface area contributed by atoms with Gasteiger partial charge in [0.1, 0.15) is 16.7 Å². The lowest BCUT2D eigenvalue weighted by Gasteiger charge is -2.30. The molecule has 9 heteroatoms. The molecule has 27 heavy (non-hydrogen) atoms. The summed E-state index contributed by atoms with van der Waals surface area (Å²) in [7, 11) is -3.80. The van der Waals surface area contributed by atoms with Gasteiger partial charge in [0, 0.05) is 11.3 Å². The number of hydrogen-bond acceptors (Lipinski definition) is 6. The number of amidine groups is 1. The smallest absolute Gasteiger partial charge is 0.238 e. The highest BCUT2D eigenvalue weighted by Gasteiger charge is 2.24. The number of sulfonamides is 1. The zero-order valence-electron chi connectivity index (χ0n) is 14.3. The maximum atomic E-state index is 13.3. The van der Waals surface area contributed by atoms with Crippen molar-refractivity contribution in [2.45, 2.75) is 4.90 Å². The van der Waals surface area contributed by atoms with Crippen LogP contribution in [0.3, 0.4) is 0 Å². The third-order valence-corrected chi connectivity index (χ3v) is 5.60. The maximum Gasteiger partial charge on any atom is 0.238 e. The molecule has 0 atom stereocenters. The third-order valence-electron chi connectivity index (χ3n) is 3.95. The van der Waals surface area contributed by atoms with E-state index in [0.29, 0.717) is 27.7 Å². The minimum atomic E-state index is -3.80. The van der Waals surface area contributed by atoms with E-state index in [1.165, 1.54) is 36.0 Å². The molecule has 0 saturated heterocycles. The van der Waals surface area contributed by atoms with E-state index >= 15 is 0 Å². The standard InChI is InChI=1S/C18H15FN4O2S2/c1-26-18-13(10-20)11-23(15-6-8-16(9-7-15)27(21,24)25)17(22-18)12-2-4-14(19)5-3-12/h2-9H,11H2,1H3,(H2,21,24,25). The van der Waals surface area contributed by atoms with Crippen LogP contribution >= 0.6 is 11.8 Å². The molecule has 1 aliphatic heterocycles. The zero-order chi connectivity index (χ0) is 19.6. The number of hydrogen-bond donors (Lipinski definition) is 1. The minimum Gasteiger partial charge on any atom is -0.321 e. The Morgan fingerprint density at radius 1 is 1.19 bits per heavy atom. The van der Waals surface area contributed by atoms with Crippen molar-refractivity contribution in [3.63, 3.8) is 0 Å². The fourth-order valence-electron chi connectivity index (χ4n) is 2.63. The number of primary sulfonamides is 1. The van der Waals surface area contributed by atoms with E-state index < -0.39 is 10.0 Å². The fourth-order valence-corrected chi connectivity index (χ4v) is 3.68. The van der Waals surface area contributed by atoms with Gasteiger partial charge < -0.3 is 4.90 Å². The first kappa shape index (κ1) is 19.1. The van der Waals surface area contributed by atoms with E-state index in [0.717, 1.165) is 0 Å². The van der Waals surface area contributed by atoms with Gasteiger partial charge in [-0.3, -0.25) is 0 Å². The van der Waals surface area contributed by atoms with Crippen molar-refractivity contribution in [1.29, 1.82) is 5.26 Å². The number of nitrogens with two attached hydrogens (primary N) is 1. The summed E-state index contributed by atoms with van der Waals surface area (Å²) < 4.78 is 36.3. The third kappa shape index (κ3) is 4.03. The number of nitrogens with zero attached hydrogens (tertiary/aromatic N) is 3. The highest BCUT2D eigenvalue weighted by atomic mass is 32.2. The van der Waals surface area contributed by atoms with E-state index in [1.54, 1.807) is 29.2 Å². The van der Waals surface area contributed by atoms with Crippen LogP contribution in [0, 0.1) is 17.1 Å². The molecule has 0 spiro atoms. The lowest BCUT2D eigenvalue weighted by molar-refractivity contribution is 0.598. The van der Waals surface area contributed by atoms with Crippen molar-refractivity contribution < 1.29 is 12.8 Å². The molecule has 0 bridgehead atoms. The monoisotopic (exact) mass is 402 g/mol. The Labute approximate surface area is 160 Å². The van der Waals surface area contributed by atoms with E-state index in [4.69, 9.17) is 5.14 Å². The van der Waals surface area contributed by atoms with Crippen LogP contribution in [0.4, 0.5) is 10.1 Å². The van der Waals surface area contributed by atoms with E-state index in [1.807, 2.05) is 6.26 Å². The molecular weight excluding hydrogens is 387 g/mol. The quantitative estimate of drug-likeness (QED) is 0.848. The zero-order valence-corrected chi connectivity index (χ0v) is 15.9. The summed E-state index contributed by atoms with van der Waals surface area (Å²) in [5.74, 6) is 0.180. The normalized spacial score (nSPS) is 14.7. The van der Waals surface area contributed by atoms with Crippen molar-refractivity contribution in [3.05, 3.63) is 70.5 Å². The van der Waals surface area contributed by atoms with Crippen LogP contribution < -0.4 is 10.0 Å². The average Bonchev–Trinajstić information content (AvgIpc) is 2.67. The number of thioether (sulfide) groups is 1. The minimum absolute atomic E-state index is 0.00983. The van der Waals surface area contributed by atoms with Crippen LogP contribution in [0.15, 0.2) is 69.0 Å². The molecule has 138 valence electrons. The molecule has 0 unspecified atom stereocenters. The Hall–Kier alpha value is -2.67. The lowest BCUT2D eigenvalue weighted by atomic mass is 10.1. The summed E-state index contributed by atoms with van der Waals surface area (Å²) in [6.07, 6.45) is 1.83. The molecule has 0 aliphatic carbocycles. The first-order valence-corrected chi connectivity index (χ1v) is 10.5. The Bertz CT molecular complexity index is 1070. The van der Waals surface area contributed by atoms with E-state index in [9.17, 15) is 18.1 Å². The van der Waals surface area contributed by atoms with Gasteiger partial charge in [-0.25, -0.2) is 22.9 Å². The van der Waals surface area contributed by atoms with Crippen LogP contribution in [0.2, 0.25) is 0 Å². The molecule has 2 aromatic rings. The first-order valence-electron chi connectivity index (χ1n) is 7.76. The summed E-state index contributed by atoms with van der Waals surface area (Å²) in [6.45, 7) is 0.262. The lowest BCUT2D eigenvalue weighted by Crippen LogP contribution is -2.36. The van der Waals surface area contributed by atoms with Gasteiger partial charge >= 0.3 is 0 Å². The summed E-state index contributed by atoms with van der Waals surface area (Å²) in [4.78, 5) is 6.35. The predicted molar refractivity (Wildman–Crippen MR) is 104 cm³/mol. The van der Waals surface area contributed by atoms with Crippen molar-refractivity contribution in [1.82, 2.24) is 0 Å². The molecule has 0 amide bonds. The van der Waals surface area contributed by atoms with E-state index in [-0.39, 0.29) is 17.3 Å². The van der Waals surface area contributed by atoms with E-state index in [2.05, 4.69) is 11.1 Å². The highest BCUT2D eigenvalue weighted by molar-refractivity contribution is 8.02. The number of benzene rings is 2. The van der Waals surface area contributed by atoms with Gasteiger partial charge in [-0.15, -0.1) is 11.8 Å². The molecule has 6 nitrogen and oxygen atoms in total. The Morgan fingerprint density at radius 2 is 1.81 bits per heavy atom. The Balaban J connectivity index is 2.10. The SMILES string of the molecule is CSC1=C(C#N)CN(c2ccc(S(N)(=O)=O)cc2)C(c2ccc(F)cc2)=N1. The van der Waals surface area contributed by atoms with Gasteiger partial charge in [0.2, 0.25) is 10.0 Å². The number of rotatable bonds is 4. The van der Waals surface area contributed by atoms with Gasteiger partial charge in [-0.1, -0.05) is 0 Å². The number of halogens is 1. The topological polar surface area (TPSA) is 99.5 Å². The molecule has 2 aromatic carbocycles. The second-order valence-corrected chi connectivity index (χ2v) is 8.02. The van der Waals surface area contributed by atoms with Gasteiger partial charge in [-0.05, 0) is 54.8 Å². The summed E-state index contributed by atoms with van der Waals surface area (Å²) >= 11 is 1.36. The molecule has 3 rings (SSSR count). The van der Waals surface area contributed by atoms with Gasteiger partial charge in [0.15, 0.2) is 0 Å². The van der Waals surface area contributed by atoms with Gasteiger partial charge in [0.25, 0.3) is 0 Å². The Kier molecular flexibility index (Phi) is 5.32. The fraction of sp³-hybridized carbons (Fsp3) is 0.111. The van der Waals surface area contributed by atoms with Crippen LogP contribution in [0.5, 0.6) is 0 Å². The highest BCUT2D eigenvalue weighted by Crippen LogP contribution is 2.30. The number of aliphatic imine (C=N–C) groups is 1. The second kappa shape index (κ2) is 7.52. The molecule has 0 aromatic heterocycles. The van der Waals surface area contributed by atoms with Crippen molar-refractivity contribution in [3.8, 4) is 6.07 Å². The van der Waals surface area contributed by atoms with Crippen molar-refractivity contribution in [2.75, 3.05) is 17.7 Å². The molecule has 0 radical (unpaired) electrons. The average molecular weight is 402 g/mol. The van der Waals surface area contributed by atoms with Crippen LogP contribution in [-0.2, 0) is 10.0 Å². The largest absolute Gasteiger partial charge is 0.321 e. The second-order valence-electron chi connectivity index (χ2n) is 5.67. The molecule has 2 N–H and O–H groups in total. The molecular formula is C18H15FN4O2S2. The van der Waals surface area contributed by atoms with Crippen molar-refractivity contribution in [2.24, 2.45) is 10.1 Å². The molecule has 1 aliphatic rings. The predicted octanol–water partition coefficient (Wildman–Crippen LogP) is 2.84. The van der Waals surface area contributed by atoms with Crippen LogP contribution in [0.25, 0.3) is 0 Å². The van der Waals surface area contributed by atoms with Crippen LogP contribution in [-0.4, -0.2) is 27.1 Å². The number of nitriles is 1. The maximum absolute atomic E-state index is 13.3. The Morgan fingerprint density at radius 3 is 2.33 bits per heavy atom. The van der Waals surface area contributed by atoms with Gasteiger partial charge in [0.05, 0.1) is 23.1 Å². The molecule has 0 fully saturated rings. The number of anilines is 1. The van der Waals surface area contributed by atoms with Crippen LogP contribution in [0.1, 0.15) is 5.56 Å². The molecule has 0 saturated carbocycles. The molecule has 1 heterocycles. The summed E-state index contributed by atoms with van der Waals surface area (Å²) in [5, 5.41) is 15.2. The van der Waals surface area contributed by atoms with Crippen molar-refractivity contribution >= 4 is 33.3 Å². The summed E-state index contributed by atoms with van der Waals surface area (Å²) in [5.41, 5.74) is 1.80. The summed E-state index contributed by atoms with van der Waals surface area (Å²) in [6, 6.07) is 14.0. The first-order chi connectivity index (χ1) is 12.8. The van der Waals surface area contributed by atoms with Gasteiger partial charge in [-0.2, -0.15) is 5.26 Å².